The molecule has 0 N–H and O–H groups in total. The summed E-state index contributed by atoms with van der Waals surface area (Å²) in [7, 11) is -5.00. The molecule has 3 nitrogen and oxygen atoms in total. The molecule has 1 unspecified atom stereocenters. The zero-order valence-electron chi connectivity index (χ0n) is 21.9. The maximum absolute atomic E-state index is 14.7. The van der Waals surface area contributed by atoms with Gasteiger partial charge < -0.3 is 4.57 Å². The summed E-state index contributed by atoms with van der Waals surface area (Å²) in [5.74, 6) is 0. The van der Waals surface area contributed by atoms with Crippen LogP contribution in [-0.2, 0) is 22.3 Å². The largest absolute Gasteiger partial charge is 0.417 e. The van der Waals surface area contributed by atoms with E-state index in [-0.39, 0.29) is 23.8 Å². The first-order valence-electron chi connectivity index (χ1n) is 12.4. The van der Waals surface area contributed by atoms with Crippen molar-refractivity contribution in [2.45, 2.75) is 90.1 Å². The number of halogens is 6. The lowest BCUT2D eigenvalue weighted by Crippen LogP contribution is -2.28. The molecule has 0 bridgehead atoms. The Morgan fingerprint density at radius 1 is 0.763 bits per heavy atom. The van der Waals surface area contributed by atoms with Crippen molar-refractivity contribution >= 4 is 18.2 Å². The van der Waals surface area contributed by atoms with Gasteiger partial charge in [-0.3, -0.25) is 9.59 Å². The number of hydrogen-bond acceptors (Lipinski definition) is 3. The van der Waals surface area contributed by atoms with Crippen LogP contribution in [0.2, 0.25) is 0 Å². The maximum Gasteiger partial charge on any atom is 0.417 e. The van der Waals surface area contributed by atoms with Crippen LogP contribution in [0.4, 0.5) is 26.3 Å². The van der Waals surface area contributed by atoms with Crippen molar-refractivity contribution in [3.05, 3.63) is 69.3 Å². The van der Waals surface area contributed by atoms with Crippen molar-refractivity contribution < 1.29 is 40.5 Å². The van der Waals surface area contributed by atoms with E-state index < -0.39 is 52.9 Å². The van der Waals surface area contributed by atoms with E-state index in [1.54, 1.807) is 26.0 Å². The minimum Gasteiger partial charge on any atom is -0.306 e. The van der Waals surface area contributed by atoms with Crippen LogP contribution in [0.25, 0.3) is 0 Å². The first-order chi connectivity index (χ1) is 17.3. The first-order valence-corrected chi connectivity index (χ1v) is 14.2. The molecule has 0 saturated heterocycles. The van der Waals surface area contributed by atoms with Gasteiger partial charge in [0.1, 0.15) is 0 Å². The molecule has 10 heteroatoms. The van der Waals surface area contributed by atoms with Crippen LogP contribution in [0.5, 0.6) is 0 Å². The van der Waals surface area contributed by atoms with Crippen LogP contribution in [0.3, 0.4) is 0 Å². The Hall–Kier alpha value is -2.41. The van der Waals surface area contributed by atoms with Crippen molar-refractivity contribution in [1.29, 1.82) is 0 Å². The molecule has 208 valence electrons. The summed E-state index contributed by atoms with van der Waals surface area (Å²) in [4.78, 5) is 27.9. The molecule has 0 heterocycles. The fraction of sp³-hybridized carbons (Fsp3) is 0.500. The Morgan fingerprint density at radius 3 is 1.58 bits per heavy atom. The lowest BCUT2D eigenvalue weighted by atomic mass is 9.84. The highest BCUT2D eigenvalue weighted by atomic mass is 31.2. The van der Waals surface area contributed by atoms with Crippen LogP contribution < -0.4 is 0 Å². The van der Waals surface area contributed by atoms with Gasteiger partial charge in [0.2, 0.25) is 18.2 Å². The maximum atomic E-state index is 14.7. The SMILES string of the molecule is Cc1cc(C(C)(C)C)cc(C)c1C(=O)P(=O)(C(=O)c1c(C(F)(F)F)cccc1C(F)(F)F)C1CCCCC1. The average molecular weight is 561 g/mol. The minimum atomic E-state index is -5.34. The third-order valence-electron chi connectivity index (χ3n) is 7.19. The average Bonchev–Trinajstić information content (AvgIpc) is 2.80. The van der Waals surface area contributed by atoms with Crippen LogP contribution in [-0.4, -0.2) is 16.7 Å². The van der Waals surface area contributed by atoms with Crippen LogP contribution in [0, 0.1) is 13.8 Å². The molecule has 2 aromatic carbocycles. The van der Waals surface area contributed by atoms with Gasteiger partial charge in [0, 0.05) is 11.2 Å². The molecule has 1 aliphatic rings. The van der Waals surface area contributed by atoms with Crippen LogP contribution in [0.1, 0.15) is 101 Å². The van der Waals surface area contributed by atoms with Gasteiger partial charge in [-0.25, -0.2) is 0 Å². The van der Waals surface area contributed by atoms with Crippen molar-refractivity contribution in [2.24, 2.45) is 0 Å². The second-order valence-electron chi connectivity index (χ2n) is 11.0. The number of rotatable bonds is 5. The molecule has 3 rings (SSSR count). The van der Waals surface area contributed by atoms with Gasteiger partial charge in [-0.2, -0.15) is 26.3 Å². The molecule has 38 heavy (non-hydrogen) atoms. The third kappa shape index (κ3) is 5.63. The summed E-state index contributed by atoms with van der Waals surface area (Å²) in [5.41, 5.74) is -8.46. The van der Waals surface area contributed by atoms with Gasteiger partial charge in [0.15, 0.2) is 0 Å². The summed E-state index contributed by atoms with van der Waals surface area (Å²) < 4.78 is 98.2. The van der Waals surface area contributed by atoms with Gasteiger partial charge in [0.25, 0.3) is 0 Å². The number of carbonyl (C=O) groups is 2. The van der Waals surface area contributed by atoms with Crippen LogP contribution in [0.15, 0.2) is 30.3 Å². The second kappa shape index (κ2) is 10.3. The molecule has 1 aliphatic carbocycles. The number of carbonyl (C=O) groups excluding carboxylic acids is 2. The van der Waals surface area contributed by atoms with Crippen LogP contribution >= 0.6 is 7.14 Å². The smallest absolute Gasteiger partial charge is 0.306 e. The van der Waals surface area contributed by atoms with E-state index in [4.69, 9.17) is 0 Å². The van der Waals surface area contributed by atoms with E-state index in [9.17, 15) is 40.5 Å². The lowest BCUT2D eigenvalue weighted by molar-refractivity contribution is -0.143. The van der Waals surface area contributed by atoms with E-state index in [0.717, 1.165) is 5.56 Å². The normalized spacial score (nSPS) is 17.2. The van der Waals surface area contributed by atoms with Gasteiger partial charge in [-0.1, -0.05) is 58.2 Å². The van der Waals surface area contributed by atoms with E-state index in [2.05, 4.69) is 0 Å². The number of aryl methyl sites for hydroxylation is 2. The summed E-state index contributed by atoms with van der Waals surface area (Å²) in [6.45, 7) is 8.94. The zero-order chi connectivity index (χ0) is 28.8. The van der Waals surface area contributed by atoms with E-state index in [1.807, 2.05) is 20.8 Å². The quantitative estimate of drug-likeness (QED) is 0.271. The highest BCUT2D eigenvalue weighted by molar-refractivity contribution is 7.96. The van der Waals surface area contributed by atoms with Gasteiger partial charge in [-0.15, -0.1) is 0 Å². The van der Waals surface area contributed by atoms with Crippen molar-refractivity contribution in [3.8, 4) is 0 Å². The number of hydrogen-bond donors (Lipinski definition) is 0. The molecule has 1 fully saturated rings. The predicted molar refractivity (Wildman–Crippen MR) is 134 cm³/mol. The van der Waals surface area contributed by atoms with Gasteiger partial charge >= 0.3 is 12.4 Å². The molecule has 0 spiro atoms. The molecular formula is C28H31F6O3P. The summed E-state index contributed by atoms with van der Waals surface area (Å²) in [6.07, 6.45) is -8.86. The van der Waals surface area contributed by atoms with E-state index in [0.29, 0.717) is 48.6 Å². The Labute approximate surface area is 218 Å². The Kier molecular flexibility index (Phi) is 8.16. The molecular weight excluding hydrogens is 529 g/mol. The Bertz CT molecular complexity index is 1240. The third-order valence-corrected chi connectivity index (χ3v) is 10.4. The Balaban J connectivity index is 2.34. The monoisotopic (exact) mass is 560 g/mol. The zero-order valence-corrected chi connectivity index (χ0v) is 22.8. The molecule has 1 saturated carbocycles. The highest BCUT2D eigenvalue weighted by Crippen LogP contribution is 2.62. The summed E-state index contributed by atoms with van der Waals surface area (Å²) in [6, 6.07) is 4.62. The predicted octanol–water partition coefficient (Wildman–Crippen LogP) is 9.31. The van der Waals surface area contributed by atoms with Gasteiger partial charge in [-0.05, 0) is 60.9 Å². The van der Waals surface area contributed by atoms with Gasteiger partial charge in [0.05, 0.1) is 16.7 Å². The van der Waals surface area contributed by atoms with Crippen molar-refractivity contribution in [3.63, 3.8) is 0 Å². The fourth-order valence-corrected chi connectivity index (χ4v) is 8.39. The Morgan fingerprint density at radius 2 is 1.18 bits per heavy atom. The lowest BCUT2D eigenvalue weighted by Gasteiger charge is -2.31. The second-order valence-corrected chi connectivity index (χ2v) is 13.9. The molecule has 0 radical (unpaired) electrons. The van der Waals surface area contributed by atoms with Crippen molar-refractivity contribution in [1.82, 2.24) is 0 Å². The minimum absolute atomic E-state index is 0.0849. The summed E-state index contributed by atoms with van der Waals surface area (Å²) in [5, 5.41) is 0. The molecule has 0 aromatic heterocycles. The first kappa shape index (κ1) is 30.1. The standard InChI is InChI=1S/C28H31F6O3P/c1-16-14-18(26(3,4)5)15-17(2)22(16)24(35)38(37,19-10-7-6-8-11-19)25(36)23-20(27(29,30)31)12-9-13-21(23)28(32,33)34/h9,12-15,19H,6-8,10-11H2,1-5H3. The highest BCUT2D eigenvalue weighted by Gasteiger charge is 2.53. The van der Waals surface area contributed by atoms with E-state index in [1.165, 1.54) is 0 Å². The molecule has 1 atom stereocenters. The molecule has 0 aliphatic heterocycles. The topological polar surface area (TPSA) is 51.2 Å². The number of alkyl halides is 6. The fourth-order valence-electron chi connectivity index (χ4n) is 5.19. The number of benzene rings is 2. The van der Waals surface area contributed by atoms with E-state index >= 15 is 0 Å². The molecule has 0 amide bonds. The van der Waals surface area contributed by atoms with Crippen molar-refractivity contribution in [2.75, 3.05) is 0 Å². The summed E-state index contributed by atoms with van der Waals surface area (Å²) >= 11 is 0. The molecule has 2 aromatic rings.